The first-order valence-corrected chi connectivity index (χ1v) is 18.9. The van der Waals surface area contributed by atoms with Gasteiger partial charge in [-0.2, -0.15) is 0 Å². The average molecular weight is 755 g/mol. The average Bonchev–Trinajstić information content (AvgIpc) is 3.74. The first kappa shape index (κ1) is 43.0. The highest BCUT2D eigenvalue weighted by molar-refractivity contribution is 5.88. The molecule has 11 heteroatoms. The van der Waals surface area contributed by atoms with Crippen molar-refractivity contribution in [2.75, 3.05) is 0 Å². The standard InChI is InChI=1S/C44H62N6O5/c1-26(51)55-44(15,42(11,12)13)38(53)50-34(40(5,6)7)36-46-25-32(48-36)30-22-18-28(19-23-30)27-16-20-29(21-17-27)31-24-45-35(47-31)33(39(2,3)4)49-37(52)43(14,54)41(8,9)10/h16-25,33-34,54H,1-15H3,(H,45,47)(H,46,48)(H,49,52)(H,50,53)/t33-,34-,43?,44?/m1/s1. The Morgan fingerprint density at radius 1 is 0.582 bits per heavy atom. The molecule has 4 atom stereocenters. The van der Waals surface area contributed by atoms with Gasteiger partial charge in [-0.25, -0.2) is 9.97 Å². The first-order valence-electron chi connectivity index (χ1n) is 18.9. The highest BCUT2D eigenvalue weighted by Gasteiger charge is 2.49. The fraction of sp³-hybridized carbons (Fsp3) is 0.523. The molecule has 0 saturated heterocycles. The zero-order valence-electron chi connectivity index (χ0n) is 35.4. The van der Waals surface area contributed by atoms with E-state index in [4.69, 9.17) is 4.74 Å². The molecular weight excluding hydrogens is 693 g/mol. The van der Waals surface area contributed by atoms with Crippen LogP contribution in [0.1, 0.15) is 128 Å². The Hall–Kier alpha value is -4.77. The molecule has 0 fully saturated rings. The van der Waals surface area contributed by atoms with E-state index < -0.39 is 51.4 Å². The summed E-state index contributed by atoms with van der Waals surface area (Å²) in [6.45, 7) is 27.8. The smallest absolute Gasteiger partial charge is 0.303 e. The third-order valence-electron chi connectivity index (χ3n) is 10.9. The molecule has 11 nitrogen and oxygen atoms in total. The third-order valence-corrected chi connectivity index (χ3v) is 10.9. The number of ether oxygens (including phenoxy) is 1. The molecule has 0 radical (unpaired) electrons. The van der Waals surface area contributed by atoms with Gasteiger partial charge in [-0.3, -0.25) is 14.4 Å². The van der Waals surface area contributed by atoms with Crippen molar-refractivity contribution in [3.8, 4) is 33.6 Å². The quantitative estimate of drug-likeness (QED) is 0.101. The lowest BCUT2D eigenvalue weighted by Crippen LogP contribution is -2.57. The normalized spacial score (nSPS) is 16.0. The van der Waals surface area contributed by atoms with Crippen molar-refractivity contribution in [3.63, 3.8) is 0 Å². The van der Waals surface area contributed by atoms with Crippen molar-refractivity contribution < 1.29 is 24.2 Å². The van der Waals surface area contributed by atoms with Gasteiger partial charge in [-0.15, -0.1) is 0 Å². The molecule has 55 heavy (non-hydrogen) atoms. The number of hydrogen-bond acceptors (Lipinski definition) is 7. The summed E-state index contributed by atoms with van der Waals surface area (Å²) in [5, 5.41) is 17.2. The number of benzene rings is 2. The summed E-state index contributed by atoms with van der Waals surface area (Å²) in [4.78, 5) is 55.1. The predicted octanol–water partition coefficient (Wildman–Crippen LogP) is 8.71. The molecule has 0 bridgehead atoms. The van der Waals surface area contributed by atoms with Crippen LogP contribution in [0.5, 0.6) is 0 Å². The van der Waals surface area contributed by atoms with Gasteiger partial charge in [-0.1, -0.05) is 132 Å². The monoisotopic (exact) mass is 754 g/mol. The molecule has 4 rings (SSSR count). The number of aromatic amines is 2. The van der Waals surface area contributed by atoms with Gasteiger partial charge in [0.2, 0.25) is 0 Å². The van der Waals surface area contributed by atoms with Crippen LogP contribution >= 0.6 is 0 Å². The van der Waals surface area contributed by atoms with Gasteiger partial charge < -0.3 is 30.4 Å². The van der Waals surface area contributed by atoms with E-state index in [0.29, 0.717) is 11.6 Å². The van der Waals surface area contributed by atoms with E-state index in [1.54, 1.807) is 26.2 Å². The first-order chi connectivity index (χ1) is 25.1. The lowest BCUT2D eigenvalue weighted by Gasteiger charge is -2.41. The molecule has 2 heterocycles. The molecule has 0 aliphatic carbocycles. The number of amides is 2. The zero-order chi connectivity index (χ0) is 41.5. The molecule has 298 valence electrons. The second-order valence-electron chi connectivity index (χ2n) is 19.3. The van der Waals surface area contributed by atoms with Crippen LogP contribution in [0.4, 0.5) is 0 Å². The van der Waals surface area contributed by atoms with Gasteiger partial charge in [0.1, 0.15) is 17.2 Å². The van der Waals surface area contributed by atoms with E-state index in [1.165, 1.54) is 6.92 Å². The maximum Gasteiger partial charge on any atom is 0.303 e. The van der Waals surface area contributed by atoms with E-state index in [0.717, 1.165) is 33.6 Å². The summed E-state index contributed by atoms with van der Waals surface area (Å²) in [6, 6.07) is 15.4. The number of esters is 1. The molecule has 0 aliphatic rings. The summed E-state index contributed by atoms with van der Waals surface area (Å²) >= 11 is 0. The van der Waals surface area contributed by atoms with Crippen LogP contribution in [0, 0.1) is 21.7 Å². The van der Waals surface area contributed by atoms with Gasteiger partial charge in [0.05, 0.1) is 35.9 Å². The number of nitrogens with zero attached hydrogens (tertiary/aromatic N) is 2. The molecule has 2 amide bonds. The molecule has 4 aromatic rings. The van der Waals surface area contributed by atoms with Crippen molar-refractivity contribution >= 4 is 17.8 Å². The minimum absolute atomic E-state index is 0.378. The fourth-order valence-electron chi connectivity index (χ4n) is 6.04. The van der Waals surface area contributed by atoms with E-state index >= 15 is 0 Å². The molecule has 2 aromatic carbocycles. The molecule has 0 saturated carbocycles. The Labute approximate surface area is 326 Å². The molecule has 0 spiro atoms. The molecular formula is C44H62N6O5. The van der Waals surface area contributed by atoms with Gasteiger partial charge in [-0.05, 0) is 52.3 Å². The maximum atomic E-state index is 13.7. The zero-order valence-corrected chi connectivity index (χ0v) is 35.4. The lowest BCUT2D eigenvalue weighted by molar-refractivity contribution is -0.178. The number of imidazole rings is 2. The molecule has 2 unspecified atom stereocenters. The molecule has 2 aromatic heterocycles. The van der Waals surface area contributed by atoms with Crippen LogP contribution in [-0.2, 0) is 19.1 Å². The number of nitrogens with one attached hydrogen (secondary N) is 4. The summed E-state index contributed by atoms with van der Waals surface area (Å²) in [7, 11) is 0. The Kier molecular flexibility index (Phi) is 11.8. The minimum atomic E-state index is -1.57. The van der Waals surface area contributed by atoms with Crippen molar-refractivity contribution in [3.05, 3.63) is 72.6 Å². The second-order valence-corrected chi connectivity index (χ2v) is 19.3. The number of carbonyl (C=O) groups is 3. The largest absolute Gasteiger partial charge is 0.449 e. The van der Waals surface area contributed by atoms with Crippen molar-refractivity contribution in [1.29, 1.82) is 0 Å². The Balaban J connectivity index is 1.52. The van der Waals surface area contributed by atoms with Gasteiger partial charge in [0.15, 0.2) is 5.60 Å². The number of hydrogen-bond donors (Lipinski definition) is 5. The van der Waals surface area contributed by atoms with E-state index in [-0.39, 0.29) is 11.3 Å². The topological polar surface area (TPSA) is 162 Å². The number of rotatable bonds is 10. The van der Waals surface area contributed by atoms with Crippen LogP contribution in [0.3, 0.4) is 0 Å². The number of aromatic nitrogens is 4. The molecule has 5 N–H and O–H groups in total. The van der Waals surface area contributed by atoms with Crippen LogP contribution in [0.25, 0.3) is 33.6 Å². The Morgan fingerprint density at radius 2 is 0.927 bits per heavy atom. The highest BCUT2D eigenvalue weighted by atomic mass is 16.6. The van der Waals surface area contributed by atoms with Crippen LogP contribution in [-0.4, -0.2) is 54.0 Å². The van der Waals surface area contributed by atoms with Gasteiger partial charge in [0, 0.05) is 12.3 Å². The predicted molar refractivity (Wildman–Crippen MR) is 217 cm³/mol. The Bertz CT molecular complexity index is 1980. The minimum Gasteiger partial charge on any atom is -0.449 e. The van der Waals surface area contributed by atoms with Crippen LogP contribution in [0.15, 0.2) is 60.9 Å². The van der Waals surface area contributed by atoms with Gasteiger partial charge >= 0.3 is 5.97 Å². The van der Waals surface area contributed by atoms with Gasteiger partial charge in [0.25, 0.3) is 11.8 Å². The van der Waals surface area contributed by atoms with Crippen molar-refractivity contribution in [2.45, 2.75) is 127 Å². The van der Waals surface area contributed by atoms with Crippen molar-refractivity contribution in [2.24, 2.45) is 21.7 Å². The Morgan fingerprint density at radius 3 is 1.24 bits per heavy atom. The summed E-state index contributed by atoms with van der Waals surface area (Å²) in [6.07, 6.45) is 3.53. The summed E-state index contributed by atoms with van der Waals surface area (Å²) in [5.74, 6) is -0.136. The number of aliphatic hydroxyl groups is 1. The van der Waals surface area contributed by atoms with E-state index in [9.17, 15) is 19.5 Å². The number of H-pyrrole nitrogens is 2. The van der Waals surface area contributed by atoms with Crippen LogP contribution in [0.2, 0.25) is 0 Å². The maximum absolute atomic E-state index is 13.7. The van der Waals surface area contributed by atoms with E-state index in [1.807, 2.05) is 107 Å². The number of carbonyl (C=O) groups excluding carboxylic acids is 3. The SMILES string of the molecule is CC(=O)OC(C)(C(=O)N[C@H](c1ncc(-c2ccc(-c3ccc(-c4cnc([C@@H](NC(=O)C(C)(O)C(C)(C)C)C(C)(C)C)[nH]4)cc3)cc2)[nH]1)C(C)(C)C)C(C)(C)C. The highest BCUT2D eigenvalue weighted by Crippen LogP contribution is 2.39. The third kappa shape index (κ3) is 9.37. The van der Waals surface area contributed by atoms with E-state index in [2.05, 4.69) is 54.8 Å². The van der Waals surface area contributed by atoms with Crippen LogP contribution < -0.4 is 10.6 Å². The summed E-state index contributed by atoms with van der Waals surface area (Å²) in [5.41, 5.74) is 0.518. The summed E-state index contributed by atoms with van der Waals surface area (Å²) < 4.78 is 5.61. The lowest BCUT2D eigenvalue weighted by atomic mass is 9.76. The second kappa shape index (κ2) is 15.0. The molecule has 0 aliphatic heterocycles. The fourth-order valence-corrected chi connectivity index (χ4v) is 6.04. The van der Waals surface area contributed by atoms with Crippen molar-refractivity contribution in [1.82, 2.24) is 30.6 Å².